The van der Waals surface area contributed by atoms with Gasteiger partial charge in [-0.2, -0.15) is 11.3 Å². The molecule has 2 aromatic rings. The number of thiophene rings is 1. The molecule has 2 N–H and O–H groups in total. The van der Waals surface area contributed by atoms with Gasteiger partial charge in [0.05, 0.1) is 7.05 Å². The van der Waals surface area contributed by atoms with Gasteiger partial charge in [-0.3, -0.25) is 4.79 Å². The lowest BCUT2D eigenvalue weighted by molar-refractivity contribution is -0.885. The van der Waals surface area contributed by atoms with Crippen LogP contribution in [0.5, 0.6) is 0 Å². The molecular formula is C15H18ClN2OS+. The number of hydrogen-bond donors (Lipinski definition) is 2. The van der Waals surface area contributed by atoms with Crippen LogP contribution in [-0.2, 0) is 17.9 Å². The van der Waals surface area contributed by atoms with Gasteiger partial charge >= 0.3 is 0 Å². The van der Waals surface area contributed by atoms with Gasteiger partial charge in [-0.05, 0) is 34.5 Å². The van der Waals surface area contributed by atoms with Crippen LogP contribution in [0.15, 0.2) is 41.1 Å². The lowest BCUT2D eigenvalue weighted by Gasteiger charge is -2.13. The van der Waals surface area contributed by atoms with E-state index < -0.39 is 0 Å². The molecule has 5 heteroatoms. The molecule has 0 saturated carbocycles. The molecule has 106 valence electrons. The van der Waals surface area contributed by atoms with Crippen molar-refractivity contribution in [3.63, 3.8) is 0 Å². The van der Waals surface area contributed by atoms with E-state index in [9.17, 15) is 4.79 Å². The van der Waals surface area contributed by atoms with E-state index in [1.807, 2.05) is 31.3 Å². The molecular weight excluding hydrogens is 292 g/mol. The SMILES string of the molecule is C[NH+](CC(=O)NCc1cccc(Cl)c1)Cc1ccsc1. The summed E-state index contributed by atoms with van der Waals surface area (Å²) in [5.41, 5.74) is 2.29. The lowest BCUT2D eigenvalue weighted by atomic mass is 10.2. The molecule has 20 heavy (non-hydrogen) atoms. The highest BCUT2D eigenvalue weighted by Crippen LogP contribution is 2.10. The molecule has 1 heterocycles. The Morgan fingerprint density at radius 1 is 1.35 bits per heavy atom. The summed E-state index contributed by atoms with van der Waals surface area (Å²) in [4.78, 5) is 13.1. The highest BCUT2D eigenvalue weighted by molar-refractivity contribution is 7.07. The second kappa shape index (κ2) is 7.43. The van der Waals surface area contributed by atoms with E-state index >= 15 is 0 Å². The smallest absolute Gasteiger partial charge is 0.275 e. The molecule has 0 fully saturated rings. The van der Waals surface area contributed by atoms with Crippen LogP contribution in [0.2, 0.25) is 5.02 Å². The second-order valence-electron chi connectivity index (χ2n) is 4.85. The zero-order valence-corrected chi connectivity index (χ0v) is 12.9. The fourth-order valence-corrected chi connectivity index (χ4v) is 2.87. The average Bonchev–Trinajstić information content (AvgIpc) is 2.89. The molecule has 1 aromatic heterocycles. The van der Waals surface area contributed by atoms with Gasteiger partial charge in [0, 0.05) is 17.1 Å². The summed E-state index contributed by atoms with van der Waals surface area (Å²) in [5.74, 6) is 0.0534. The van der Waals surface area contributed by atoms with Crippen LogP contribution in [-0.4, -0.2) is 19.5 Å². The van der Waals surface area contributed by atoms with E-state index in [4.69, 9.17) is 11.6 Å². The first-order chi connectivity index (χ1) is 9.63. The zero-order chi connectivity index (χ0) is 14.4. The third-order valence-electron chi connectivity index (χ3n) is 2.93. The minimum atomic E-state index is 0.0534. The van der Waals surface area contributed by atoms with E-state index in [0.29, 0.717) is 18.1 Å². The molecule has 0 aliphatic rings. The number of halogens is 1. The Morgan fingerprint density at radius 2 is 2.20 bits per heavy atom. The Kier molecular flexibility index (Phi) is 5.59. The first-order valence-electron chi connectivity index (χ1n) is 6.47. The number of rotatable bonds is 6. The minimum absolute atomic E-state index is 0.0534. The molecule has 0 aliphatic heterocycles. The maximum atomic E-state index is 11.9. The molecule has 3 nitrogen and oxygen atoms in total. The first kappa shape index (κ1) is 15.0. The molecule has 0 spiro atoms. The van der Waals surface area contributed by atoms with Gasteiger partial charge in [-0.25, -0.2) is 0 Å². The molecule has 1 amide bonds. The van der Waals surface area contributed by atoms with Crippen LogP contribution in [0.4, 0.5) is 0 Å². The Labute approximate surface area is 128 Å². The van der Waals surface area contributed by atoms with E-state index in [0.717, 1.165) is 12.1 Å². The van der Waals surface area contributed by atoms with Crippen molar-refractivity contribution in [3.8, 4) is 0 Å². The normalized spacial score (nSPS) is 12.1. The minimum Gasteiger partial charge on any atom is -0.347 e. The van der Waals surface area contributed by atoms with Gasteiger partial charge in [-0.1, -0.05) is 23.7 Å². The third-order valence-corrected chi connectivity index (χ3v) is 3.89. The predicted octanol–water partition coefficient (Wildman–Crippen LogP) is 1.73. The summed E-state index contributed by atoms with van der Waals surface area (Å²) < 4.78 is 0. The number of carbonyl (C=O) groups is 1. The number of likely N-dealkylation sites (N-methyl/N-ethyl adjacent to an activating group) is 1. The standard InChI is InChI=1S/C15H17ClN2OS/c1-18(9-13-5-6-20-11-13)10-15(19)17-8-12-3-2-4-14(16)7-12/h2-7,11H,8-10H2,1H3,(H,17,19)/p+1. The molecule has 1 unspecified atom stereocenters. The Bertz CT molecular complexity index is 557. The summed E-state index contributed by atoms with van der Waals surface area (Å²) in [7, 11) is 2.02. The average molecular weight is 310 g/mol. The molecule has 2 rings (SSSR count). The van der Waals surface area contributed by atoms with Crippen molar-refractivity contribution >= 4 is 28.8 Å². The van der Waals surface area contributed by atoms with Crippen LogP contribution < -0.4 is 10.2 Å². The maximum Gasteiger partial charge on any atom is 0.275 e. The fourth-order valence-electron chi connectivity index (χ4n) is 1.99. The van der Waals surface area contributed by atoms with Crippen molar-refractivity contribution in [3.05, 3.63) is 57.2 Å². The number of benzene rings is 1. The molecule has 0 bridgehead atoms. The van der Waals surface area contributed by atoms with E-state index in [1.54, 1.807) is 11.3 Å². The quantitative estimate of drug-likeness (QED) is 0.837. The van der Waals surface area contributed by atoms with Crippen molar-refractivity contribution in [2.24, 2.45) is 0 Å². The summed E-state index contributed by atoms with van der Waals surface area (Å²) in [6.45, 7) is 1.86. The van der Waals surface area contributed by atoms with Crippen molar-refractivity contribution in [2.75, 3.05) is 13.6 Å². The molecule has 1 atom stereocenters. The van der Waals surface area contributed by atoms with Crippen molar-refractivity contribution in [1.29, 1.82) is 0 Å². The van der Waals surface area contributed by atoms with Gasteiger partial charge in [0.25, 0.3) is 5.91 Å². The molecule has 0 saturated heterocycles. The molecule has 0 radical (unpaired) electrons. The van der Waals surface area contributed by atoms with Crippen molar-refractivity contribution < 1.29 is 9.69 Å². The first-order valence-corrected chi connectivity index (χ1v) is 7.79. The van der Waals surface area contributed by atoms with Crippen LogP contribution >= 0.6 is 22.9 Å². The van der Waals surface area contributed by atoms with E-state index in [1.165, 1.54) is 10.5 Å². The number of quaternary nitrogens is 1. The molecule has 1 aromatic carbocycles. The van der Waals surface area contributed by atoms with Gasteiger partial charge < -0.3 is 10.2 Å². The Balaban J connectivity index is 1.75. The number of carbonyl (C=O) groups excluding carboxylic acids is 1. The number of amides is 1. The van der Waals surface area contributed by atoms with Gasteiger partial charge in [0.15, 0.2) is 6.54 Å². The van der Waals surface area contributed by atoms with Crippen LogP contribution in [0.1, 0.15) is 11.1 Å². The van der Waals surface area contributed by atoms with Gasteiger partial charge in [0.1, 0.15) is 6.54 Å². The van der Waals surface area contributed by atoms with Gasteiger partial charge in [0.2, 0.25) is 0 Å². The Morgan fingerprint density at radius 3 is 2.90 bits per heavy atom. The number of hydrogen-bond acceptors (Lipinski definition) is 2. The largest absolute Gasteiger partial charge is 0.347 e. The lowest BCUT2D eigenvalue weighted by Crippen LogP contribution is -3.08. The summed E-state index contributed by atoms with van der Waals surface area (Å²) in [6, 6.07) is 9.62. The summed E-state index contributed by atoms with van der Waals surface area (Å²) in [5, 5.41) is 7.79. The maximum absolute atomic E-state index is 11.9. The van der Waals surface area contributed by atoms with Crippen molar-refractivity contribution in [1.82, 2.24) is 5.32 Å². The Hall–Kier alpha value is -1.36. The van der Waals surface area contributed by atoms with Crippen LogP contribution in [0, 0.1) is 0 Å². The highest BCUT2D eigenvalue weighted by Gasteiger charge is 2.10. The van der Waals surface area contributed by atoms with Crippen molar-refractivity contribution in [2.45, 2.75) is 13.1 Å². The van der Waals surface area contributed by atoms with Gasteiger partial charge in [-0.15, -0.1) is 0 Å². The molecule has 0 aliphatic carbocycles. The van der Waals surface area contributed by atoms with Crippen LogP contribution in [0.3, 0.4) is 0 Å². The monoisotopic (exact) mass is 309 g/mol. The third kappa shape index (κ3) is 4.96. The summed E-state index contributed by atoms with van der Waals surface area (Å²) >= 11 is 7.59. The highest BCUT2D eigenvalue weighted by atomic mass is 35.5. The summed E-state index contributed by atoms with van der Waals surface area (Å²) in [6.07, 6.45) is 0. The van der Waals surface area contributed by atoms with Crippen LogP contribution in [0.25, 0.3) is 0 Å². The van der Waals surface area contributed by atoms with E-state index in [-0.39, 0.29) is 5.91 Å². The second-order valence-corrected chi connectivity index (χ2v) is 6.07. The number of nitrogens with one attached hydrogen (secondary N) is 2. The zero-order valence-electron chi connectivity index (χ0n) is 11.4. The fraction of sp³-hybridized carbons (Fsp3) is 0.267. The van der Waals surface area contributed by atoms with E-state index in [2.05, 4.69) is 22.1 Å². The predicted molar refractivity (Wildman–Crippen MR) is 83.1 cm³/mol. The topological polar surface area (TPSA) is 33.5 Å².